The van der Waals surface area contributed by atoms with Gasteiger partial charge in [0.2, 0.25) is 0 Å². The molecule has 2 aromatic heterocycles. The van der Waals surface area contributed by atoms with Gasteiger partial charge in [-0.25, -0.2) is 4.98 Å². The molecule has 4 heteroatoms. The molecule has 0 amide bonds. The van der Waals surface area contributed by atoms with Gasteiger partial charge in [-0.15, -0.1) is 0 Å². The summed E-state index contributed by atoms with van der Waals surface area (Å²) < 4.78 is 2.09. The van der Waals surface area contributed by atoms with Crippen LogP contribution in [0.25, 0.3) is 5.65 Å². The summed E-state index contributed by atoms with van der Waals surface area (Å²) in [6.07, 6.45) is 6.41. The van der Waals surface area contributed by atoms with E-state index in [9.17, 15) is 0 Å². The van der Waals surface area contributed by atoms with Gasteiger partial charge in [0.05, 0.1) is 0 Å². The van der Waals surface area contributed by atoms with Gasteiger partial charge in [-0.1, -0.05) is 19.9 Å². The van der Waals surface area contributed by atoms with Crippen molar-refractivity contribution >= 4 is 11.5 Å². The van der Waals surface area contributed by atoms with Crippen LogP contribution in [0.5, 0.6) is 0 Å². The summed E-state index contributed by atoms with van der Waals surface area (Å²) in [5.74, 6) is 1.11. The molecule has 2 aromatic rings. The van der Waals surface area contributed by atoms with Crippen molar-refractivity contribution in [1.29, 1.82) is 0 Å². The molecule has 2 N–H and O–H groups in total. The monoisotopic (exact) mass is 258 g/mol. The van der Waals surface area contributed by atoms with E-state index < -0.39 is 0 Å². The van der Waals surface area contributed by atoms with Crippen molar-refractivity contribution < 1.29 is 0 Å². The SMILES string of the molecule is CC1(C)CCCNC1CNc1cccc2nccn12. The average molecular weight is 258 g/mol. The Balaban J connectivity index is 1.73. The van der Waals surface area contributed by atoms with Crippen LogP contribution in [0, 0.1) is 5.41 Å². The lowest BCUT2D eigenvalue weighted by molar-refractivity contribution is 0.188. The maximum absolute atomic E-state index is 4.31. The minimum absolute atomic E-state index is 0.355. The predicted molar refractivity (Wildman–Crippen MR) is 78.5 cm³/mol. The molecular formula is C15H22N4. The van der Waals surface area contributed by atoms with E-state index >= 15 is 0 Å². The van der Waals surface area contributed by atoms with E-state index in [1.54, 1.807) is 0 Å². The van der Waals surface area contributed by atoms with E-state index in [1.807, 2.05) is 24.5 Å². The maximum atomic E-state index is 4.31. The van der Waals surface area contributed by atoms with Crippen molar-refractivity contribution in [3.8, 4) is 0 Å². The largest absolute Gasteiger partial charge is 0.370 e. The van der Waals surface area contributed by atoms with Gasteiger partial charge in [0, 0.05) is 25.0 Å². The molecule has 0 saturated carbocycles. The summed E-state index contributed by atoms with van der Waals surface area (Å²) in [6, 6.07) is 6.68. The zero-order valence-electron chi connectivity index (χ0n) is 11.7. The predicted octanol–water partition coefficient (Wildman–Crippen LogP) is 2.52. The number of anilines is 1. The minimum atomic E-state index is 0.355. The number of hydrogen-bond acceptors (Lipinski definition) is 3. The van der Waals surface area contributed by atoms with Gasteiger partial charge in [-0.05, 0) is 36.9 Å². The average Bonchev–Trinajstić information content (AvgIpc) is 2.86. The second-order valence-electron chi connectivity index (χ2n) is 6.05. The highest BCUT2D eigenvalue weighted by Crippen LogP contribution is 2.30. The fourth-order valence-electron chi connectivity index (χ4n) is 2.92. The quantitative estimate of drug-likeness (QED) is 0.889. The van der Waals surface area contributed by atoms with Crippen LogP contribution in [0.15, 0.2) is 30.6 Å². The summed E-state index contributed by atoms with van der Waals surface area (Å²) in [5, 5.41) is 7.19. The summed E-state index contributed by atoms with van der Waals surface area (Å²) in [4.78, 5) is 4.31. The molecule has 0 aliphatic carbocycles. The number of imidazole rings is 1. The van der Waals surface area contributed by atoms with Crippen molar-refractivity contribution in [2.75, 3.05) is 18.4 Å². The minimum Gasteiger partial charge on any atom is -0.370 e. The fraction of sp³-hybridized carbons (Fsp3) is 0.533. The number of nitrogens with zero attached hydrogens (tertiary/aromatic N) is 2. The second-order valence-corrected chi connectivity index (χ2v) is 6.05. The molecule has 1 fully saturated rings. The third-order valence-corrected chi connectivity index (χ3v) is 4.25. The Morgan fingerprint density at radius 3 is 3.21 bits per heavy atom. The van der Waals surface area contributed by atoms with Crippen LogP contribution in [-0.4, -0.2) is 28.5 Å². The number of nitrogens with one attached hydrogen (secondary N) is 2. The molecule has 1 unspecified atom stereocenters. The third kappa shape index (κ3) is 2.45. The first-order valence-corrected chi connectivity index (χ1v) is 7.06. The molecule has 3 heterocycles. The van der Waals surface area contributed by atoms with E-state index in [-0.39, 0.29) is 0 Å². The summed E-state index contributed by atoms with van der Waals surface area (Å²) in [5.41, 5.74) is 1.34. The van der Waals surface area contributed by atoms with Crippen LogP contribution in [0.1, 0.15) is 26.7 Å². The standard InChI is InChI=1S/C15H22N4/c1-15(2)7-4-8-16-12(15)11-18-14-6-3-5-13-17-9-10-19(13)14/h3,5-6,9-10,12,16,18H,4,7-8,11H2,1-2H3. The summed E-state index contributed by atoms with van der Waals surface area (Å²) in [6.45, 7) is 6.78. The molecule has 0 spiro atoms. The zero-order chi connectivity index (χ0) is 13.3. The van der Waals surface area contributed by atoms with E-state index in [4.69, 9.17) is 0 Å². The first-order valence-electron chi connectivity index (χ1n) is 7.06. The maximum Gasteiger partial charge on any atom is 0.138 e. The number of rotatable bonds is 3. The van der Waals surface area contributed by atoms with Crippen LogP contribution in [-0.2, 0) is 0 Å². The van der Waals surface area contributed by atoms with Crippen molar-refractivity contribution in [2.24, 2.45) is 5.41 Å². The number of pyridine rings is 1. The molecular weight excluding hydrogens is 236 g/mol. The van der Waals surface area contributed by atoms with Crippen LogP contribution in [0.4, 0.5) is 5.82 Å². The lowest BCUT2D eigenvalue weighted by Gasteiger charge is -2.39. The number of hydrogen-bond donors (Lipinski definition) is 2. The van der Waals surface area contributed by atoms with Crippen LogP contribution < -0.4 is 10.6 Å². The van der Waals surface area contributed by atoms with Gasteiger partial charge in [0.25, 0.3) is 0 Å². The highest BCUT2D eigenvalue weighted by molar-refractivity contribution is 5.49. The summed E-state index contributed by atoms with van der Waals surface area (Å²) >= 11 is 0. The van der Waals surface area contributed by atoms with Crippen molar-refractivity contribution in [1.82, 2.24) is 14.7 Å². The topological polar surface area (TPSA) is 41.4 Å². The van der Waals surface area contributed by atoms with Gasteiger partial charge in [-0.3, -0.25) is 4.40 Å². The number of fused-ring (bicyclic) bond motifs is 1. The van der Waals surface area contributed by atoms with E-state index in [2.05, 4.69) is 39.9 Å². The number of piperidine rings is 1. The Hall–Kier alpha value is -1.55. The Morgan fingerprint density at radius 2 is 2.37 bits per heavy atom. The van der Waals surface area contributed by atoms with Gasteiger partial charge in [0.1, 0.15) is 11.5 Å². The Kier molecular flexibility index (Phi) is 3.19. The molecule has 1 aliphatic rings. The van der Waals surface area contributed by atoms with Gasteiger partial charge in [0.15, 0.2) is 0 Å². The molecule has 0 radical (unpaired) electrons. The van der Waals surface area contributed by atoms with Crippen LogP contribution >= 0.6 is 0 Å². The second kappa shape index (κ2) is 4.85. The van der Waals surface area contributed by atoms with Crippen LogP contribution in [0.2, 0.25) is 0 Å². The van der Waals surface area contributed by atoms with Crippen molar-refractivity contribution in [3.05, 3.63) is 30.6 Å². The Morgan fingerprint density at radius 1 is 1.47 bits per heavy atom. The van der Waals surface area contributed by atoms with Crippen LogP contribution in [0.3, 0.4) is 0 Å². The molecule has 0 bridgehead atoms. The van der Waals surface area contributed by atoms with E-state index in [0.717, 1.165) is 24.6 Å². The molecule has 1 atom stereocenters. The third-order valence-electron chi connectivity index (χ3n) is 4.25. The van der Waals surface area contributed by atoms with Gasteiger partial charge in [-0.2, -0.15) is 0 Å². The Labute approximate surface area is 114 Å². The van der Waals surface area contributed by atoms with Gasteiger partial charge >= 0.3 is 0 Å². The molecule has 1 saturated heterocycles. The molecule has 4 nitrogen and oxygen atoms in total. The lowest BCUT2D eigenvalue weighted by atomic mass is 9.77. The molecule has 102 valence electrons. The first kappa shape index (κ1) is 12.5. The zero-order valence-corrected chi connectivity index (χ0v) is 11.7. The van der Waals surface area contributed by atoms with Gasteiger partial charge < -0.3 is 10.6 Å². The molecule has 19 heavy (non-hydrogen) atoms. The fourth-order valence-corrected chi connectivity index (χ4v) is 2.92. The molecule has 3 rings (SSSR count). The van der Waals surface area contributed by atoms with Crippen molar-refractivity contribution in [2.45, 2.75) is 32.7 Å². The summed E-state index contributed by atoms with van der Waals surface area (Å²) in [7, 11) is 0. The van der Waals surface area contributed by atoms with E-state index in [1.165, 1.54) is 12.8 Å². The Bertz CT molecular complexity index is 558. The normalized spacial score (nSPS) is 22.5. The smallest absolute Gasteiger partial charge is 0.138 e. The van der Waals surface area contributed by atoms with E-state index in [0.29, 0.717) is 11.5 Å². The van der Waals surface area contributed by atoms with Crippen molar-refractivity contribution in [3.63, 3.8) is 0 Å². The highest BCUT2D eigenvalue weighted by atomic mass is 15.1. The molecule has 0 aromatic carbocycles. The number of aromatic nitrogens is 2. The first-order chi connectivity index (χ1) is 9.17. The highest BCUT2D eigenvalue weighted by Gasteiger charge is 2.31. The lowest BCUT2D eigenvalue weighted by Crippen LogP contribution is -2.50. The molecule has 1 aliphatic heterocycles.